The van der Waals surface area contributed by atoms with E-state index in [1.807, 2.05) is 0 Å². The summed E-state index contributed by atoms with van der Waals surface area (Å²) < 4.78 is 14.4. The molecule has 0 aromatic rings. The summed E-state index contributed by atoms with van der Waals surface area (Å²) in [6.07, 6.45) is 3.50. The third-order valence-electron chi connectivity index (χ3n) is 2.87. The fourth-order valence-corrected chi connectivity index (χ4v) is 1.40. The lowest BCUT2D eigenvalue weighted by atomic mass is 10.2. The smallest absolute Gasteiger partial charge is 0.333 e. The van der Waals surface area contributed by atoms with Gasteiger partial charge in [-0.05, 0) is 46.5 Å². The van der Waals surface area contributed by atoms with Gasteiger partial charge in [0.05, 0.1) is 19.8 Å². The fourth-order valence-electron chi connectivity index (χ4n) is 1.40. The molecule has 0 rings (SSSR count). The SMILES string of the molecule is C=C(C)C(=O)OCCCCCCOC(=O)C(=C)C.C=C(C)C(=O)OCCO. The highest BCUT2D eigenvalue weighted by Gasteiger charge is 2.03. The van der Waals surface area contributed by atoms with E-state index >= 15 is 0 Å². The second kappa shape index (κ2) is 17.0. The van der Waals surface area contributed by atoms with Gasteiger partial charge in [0.2, 0.25) is 0 Å². The molecule has 0 unspecified atom stereocenters. The number of hydrogen-bond acceptors (Lipinski definition) is 7. The maximum Gasteiger partial charge on any atom is 0.333 e. The first-order valence-electron chi connectivity index (χ1n) is 8.72. The van der Waals surface area contributed by atoms with Gasteiger partial charge in [0.25, 0.3) is 0 Å². The molecular formula is C20H32O7. The second-order valence-corrected chi connectivity index (χ2v) is 5.89. The van der Waals surface area contributed by atoms with Crippen molar-refractivity contribution in [3.8, 4) is 0 Å². The summed E-state index contributed by atoms with van der Waals surface area (Å²) in [4.78, 5) is 32.5. The summed E-state index contributed by atoms with van der Waals surface area (Å²) in [5.74, 6) is -1.14. The number of aliphatic hydroxyl groups is 1. The molecule has 0 fully saturated rings. The largest absolute Gasteiger partial charge is 0.462 e. The van der Waals surface area contributed by atoms with E-state index in [4.69, 9.17) is 14.6 Å². The van der Waals surface area contributed by atoms with Crippen molar-refractivity contribution in [1.29, 1.82) is 0 Å². The van der Waals surface area contributed by atoms with Crippen molar-refractivity contribution < 1.29 is 33.7 Å². The molecule has 0 bridgehead atoms. The molecule has 0 atom stereocenters. The van der Waals surface area contributed by atoms with Gasteiger partial charge in [-0.1, -0.05) is 19.7 Å². The maximum absolute atomic E-state index is 11.0. The average molecular weight is 384 g/mol. The zero-order valence-electron chi connectivity index (χ0n) is 16.7. The van der Waals surface area contributed by atoms with Crippen molar-refractivity contribution in [3.05, 3.63) is 36.5 Å². The van der Waals surface area contributed by atoms with Crippen LogP contribution >= 0.6 is 0 Å². The first kappa shape index (κ1) is 26.8. The Balaban J connectivity index is 0. The van der Waals surface area contributed by atoms with Crippen LogP contribution in [0.1, 0.15) is 46.5 Å². The lowest BCUT2D eigenvalue weighted by molar-refractivity contribution is -0.140. The van der Waals surface area contributed by atoms with Crippen LogP contribution in [-0.2, 0) is 28.6 Å². The Morgan fingerprint density at radius 3 is 1.19 bits per heavy atom. The molecule has 0 aliphatic heterocycles. The second-order valence-electron chi connectivity index (χ2n) is 5.89. The molecule has 0 aromatic heterocycles. The highest BCUT2D eigenvalue weighted by molar-refractivity contribution is 5.87. The van der Waals surface area contributed by atoms with Gasteiger partial charge in [0.1, 0.15) is 6.61 Å². The first-order chi connectivity index (χ1) is 12.6. The molecule has 0 spiro atoms. The molecular weight excluding hydrogens is 352 g/mol. The van der Waals surface area contributed by atoms with E-state index in [-0.39, 0.29) is 25.2 Å². The van der Waals surface area contributed by atoms with Crippen LogP contribution < -0.4 is 0 Å². The minimum absolute atomic E-state index is 0.0473. The monoisotopic (exact) mass is 384 g/mol. The Labute approximate surface area is 161 Å². The lowest BCUT2D eigenvalue weighted by Crippen LogP contribution is -2.08. The molecule has 0 saturated carbocycles. The summed E-state index contributed by atoms with van der Waals surface area (Å²) in [5, 5.41) is 8.19. The third kappa shape index (κ3) is 18.2. The van der Waals surface area contributed by atoms with E-state index in [0.29, 0.717) is 29.9 Å². The van der Waals surface area contributed by atoms with Gasteiger partial charge < -0.3 is 19.3 Å². The highest BCUT2D eigenvalue weighted by atomic mass is 16.5. The van der Waals surface area contributed by atoms with E-state index in [1.165, 1.54) is 0 Å². The molecule has 0 aliphatic rings. The van der Waals surface area contributed by atoms with Crippen LogP contribution in [0.2, 0.25) is 0 Å². The summed E-state index contributed by atoms with van der Waals surface area (Å²) >= 11 is 0. The first-order valence-corrected chi connectivity index (χ1v) is 8.72. The summed E-state index contributed by atoms with van der Waals surface area (Å²) in [7, 11) is 0. The predicted octanol–water partition coefficient (Wildman–Crippen LogP) is 2.88. The van der Waals surface area contributed by atoms with E-state index in [9.17, 15) is 14.4 Å². The predicted molar refractivity (Wildman–Crippen MR) is 103 cm³/mol. The van der Waals surface area contributed by atoms with Crippen LogP contribution in [0.15, 0.2) is 36.5 Å². The van der Waals surface area contributed by atoms with Crippen LogP contribution in [0, 0.1) is 0 Å². The van der Waals surface area contributed by atoms with E-state index in [2.05, 4.69) is 24.5 Å². The summed E-state index contributed by atoms with van der Waals surface area (Å²) in [5.41, 5.74) is 1.19. The minimum Gasteiger partial charge on any atom is -0.462 e. The standard InChI is InChI=1S/C14H22O4.C6H10O3/c1-11(2)13(15)17-9-7-5-6-8-10-18-14(16)12(3)4;1-5(2)6(8)9-4-3-7/h1,3,5-10H2,2,4H3;7H,1,3-4H2,2H3. The molecule has 7 heteroatoms. The minimum atomic E-state index is -0.455. The molecule has 1 N–H and O–H groups in total. The molecule has 7 nitrogen and oxygen atoms in total. The maximum atomic E-state index is 11.0. The van der Waals surface area contributed by atoms with Crippen LogP contribution in [0.4, 0.5) is 0 Å². The average Bonchev–Trinajstić information content (AvgIpc) is 2.61. The number of aliphatic hydroxyl groups excluding tert-OH is 1. The van der Waals surface area contributed by atoms with Crippen molar-refractivity contribution in [1.82, 2.24) is 0 Å². The molecule has 0 aliphatic carbocycles. The van der Waals surface area contributed by atoms with Gasteiger partial charge >= 0.3 is 17.9 Å². The van der Waals surface area contributed by atoms with Crippen molar-refractivity contribution in [2.45, 2.75) is 46.5 Å². The number of carbonyl (C=O) groups excluding carboxylic acids is 3. The molecule has 27 heavy (non-hydrogen) atoms. The van der Waals surface area contributed by atoms with Gasteiger partial charge in [-0.25, -0.2) is 14.4 Å². The summed E-state index contributed by atoms with van der Waals surface area (Å²) in [6, 6.07) is 0. The normalized spacial score (nSPS) is 9.33. The Morgan fingerprint density at radius 2 is 0.926 bits per heavy atom. The van der Waals surface area contributed by atoms with Crippen molar-refractivity contribution in [3.63, 3.8) is 0 Å². The quantitative estimate of drug-likeness (QED) is 0.239. The fraction of sp³-hybridized carbons (Fsp3) is 0.550. The Morgan fingerprint density at radius 1 is 0.630 bits per heavy atom. The Hall–Kier alpha value is -2.41. The number of carbonyl (C=O) groups is 3. The zero-order valence-corrected chi connectivity index (χ0v) is 16.7. The summed E-state index contributed by atoms with van der Waals surface area (Å²) in [6.45, 7) is 15.9. The van der Waals surface area contributed by atoms with E-state index < -0.39 is 5.97 Å². The number of esters is 3. The zero-order chi connectivity index (χ0) is 21.2. The van der Waals surface area contributed by atoms with Gasteiger partial charge in [-0.3, -0.25) is 0 Å². The molecule has 0 amide bonds. The topological polar surface area (TPSA) is 99.1 Å². The Bertz CT molecular complexity index is 488. The highest BCUT2D eigenvalue weighted by Crippen LogP contribution is 2.03. The van der Waals surface area contributed by atoms with Crippen molar-refractivity contribution in [2.75, 3.05) is 26.4 Å². The lowest BCUT2D eigenvalue weighted by Gasteiger charge is -2.05. The van der Waals surface area contributed by atoms with Crippen LogP contribution in [0.5, 0.6) is 0 Å². The molecule has 0 aromatic carbocycles. The third-order valence-corrected chi connectivity index (χ3v) is 2.87. The van der Waals surface area contributed by atoms with Crippen LogP contribution in [-0.4, -0.2) is 49.4 Å². The van der Waals surface area contributed by atoms with Gasteiger partial charge in [0.15, 0.2) is 0 Å². The number of unbranched alkanes of at least 4 members (excludes halogenated alkanes) is 3. The molecule has 0 saturated heterocycles. The van der Waals surface area contributed by atoms with Gasteiger partial charge in [-0.2, -0.15) is 0 Å². The van der Waals surface area contributed by atoms with E-state index in [0.717, 1.165) is 25.7 Å². The van der Waals surface area contributed by atoms with Crippen LogP contribution in [0.25, 0.3) is 0 Å². The number of rotatable bonds is 12. The molecule has 0 heterocycles. The van der Waals surface area contributed by atoms with Gasteiger partial charge in [0, 0.05) is 16.7 Å². The van der Waals surface area contributed by atoms with Crippen molar-refractivity contribution in [2.24, 2.45) is 0 Å². The van der Waals surface area contributed by atoms with Gasteiger partial charge in [-0.15, -0.1) is 0 Å². The van der Waals surface area contributed by atoms with Crippen molar-refractivity contribution >= 4 is 17.9 Å². The van der Waals surface area contributed by atoms with E-state index in [1.54, 1.807) is 20.8 Å². The number of hydrogen-bond donors (Lipinski definition) is 1. The molecule has 0 radical (unpaired) electrons. The number of ether oxygens (including phenoxy) is 3. The van der Waals surface area contributed by atoms with Crippen LogP contribution in [0.3, 0.4) is 0 Å². The Kier molecular flexibility index (Phi) is 16.9. The molecule has 154 valence electrons.